The van der Waals surface area contributed by atoms with Gasteiger partial charge in [-0.25, -0.2) is 15.0 Å². The summed E-state index contributed by atoms with van der Waals surface area (Å²) in [5, 5.41) is 31.3. The van der Waals surface area contributed by atoms with E-state index in [1.165, 1.54) is 10.9 Å². The second-order valence-corrected chi connectivity index (χ2v) is 6.98. The molecule has 5 atom stereocenters. The van der Waals surface area contributed by atoms with E-state index in [1.807, 2.05) is 0 Å². The third-order valence-electron chi connectivity index (χ3n) is 4.99. The van der Waals surface area contributed by atoms with Gasteiger partial charge in [0, 0.05) is 13.0 Å². The van der Waals surface area contributed by atoms with E-state index in [2.05, 4.69) is 33.7 Å². The lowest BCUT2D eigenvalue weighted by molar-refractivity contribution is -0.152. The molecule has 1 aliphatic rings. The first-order valence-corrected chi connectivity index (χ1v) is 9.82. The molecular formula is C19H26N6O5. The van der Waals surface area contributed by atoms with E-state index in [0.29, 0.717) is 18.3 Å². The summed E-state index contributed by atoms with van der Waals surface area (Å²) < 4.78 is 7.12. The molecular weight excluding hydrogens is 392 g/mol. The second kappa shape index (κ2) is 9.36. The number of nitrogens with zero attached hydrogens (tertiary/aromatic N) is 5. The Labute approximate surface area is 173 Å². The van der Waals surface area contributed by atoms with Gasteiger partial charge in [0.05, 0.1) is 6.33 Å². The number of aliphatic hydroxyl groups excluding tert-OH is 3. The van der Waals surface area contributed by atoms with Crippen LogP contribution < -0.4 is 5.73 Å². The summed E-state index contributed by atoms with van der Waals surface area (Å²) in [7, 11) is 0. The number of carbonyl (C=O) groups excluding carboxylic acids is 1. The fourth-order valence-electron chi connectivity index (χ4n) is 3.26. The Morgan fingerprint density at radius 1 is 1.37 bits per heavy atom. The van der Waals surface area contributed by atoms with E-state index >= 15 is 0 Å². The van der Waals surface area contributed by atoms with Crippen molar-refractivity contribution in [2.24, 2.45) is 0 Å². The molecule has 3 heterocycles. The van der Waals surface area contributed by atoms with Crippen molar-refractivity contribution in [3.8, 4) is 11.8 Å². The van der Waals surface area contributed by atoms with E-state index in [4.69, 9.17) is 10.5 Å². The third-order valence-corrected chi connectivity index (χ3v) is 4.99. The van der Waals surface area contributed by atoms with Gasteiger partial charge in [0.25, 0.3) is 0 Å². The van der Waals surface area contributed by atoms with Crippen LogP contribution in [0.15, 0.2) is 6.33 Å². The third kappa shape index (κ3) is 4.08. The summed E-state index contributed by atoms with van der Waals surface area (Å²) in [6.07, 6.45) is -2.11. The van der Waals surface area contributed by atoms with Gasteiger partial charge in [-0.3, -0.25) is 9.36 Å². The highest BCUT2D eigenvalue weighted by molar-refractivity contribution is 5.82. The maximum absolute atomic E-state index is 11.1. The molecule has 2 aromatic rings. The van der Waals surface area contributed by atoms with Crippen molar-refractivity contribution in [3.05, 3.63) is 12.2 Å². The first-order valence-electron chi connectivity index (χ1n) is 9.82. The minimum absolute atomic E-state index is 0.126. The zero-order valence-corrected chi connectivity index (χ0v) is 16.8. The molecule has 11 nitrogen and oxygen atoms in total. The average molecular weight is 418 g/mol. The lowest BCUT2D eigenvalue weighted by atomic mass is 10.1. The maximum atomic E-state index is 11.1. The number of amides is 1. The van der Waals surface area contributed by atoms with Gasteiger partial charge in [-0.05, 0) is 19.3 Å². The fraction of sp³-hybridized carbons (Fsp3) is 0.579. The van der Waals surface area contributed by atoms with E-state index in [-0.39, 0.29) is 23.8 Å². The summed E-state index contributed by atoms with van der Waals surface area (Å²) in [4.78, 5) is 24.9. The first-order chi connectivity index (χ1) is 14.4. The molecule has 30 heavy (non-hydrogen) atoms. The van der Waals surface area contributed by atoms with Crippen molar-refractivity contribution >= 4 is 23.4 Å². The van der Waals surface area contributed by atoms with Crippen LogP contribution in [0.5, 0.6) is 0 Å². The molecule has 1 saturated heterocycles. The Kier molecular flexibility index (Phi) is 6.84. The Hall–Kier alpha value is -2.78. The summed E-state index contributed by atoms with van der Waals surface area (Å²) >= 11 is 0. The number of hydrogen-bond acceptors (Lipinski definition) is 9. The largest absolute Gasteiger partial charge is 0.387 e. The Bertz CT molecular complexity index is 954. The highest BCUT2D eigenvalue weighted by atomic mass is 16.6. The smallest absolute Gasteiger partial charge is 0.211 e. The molecule has 2 aromatic heterocycles. The molecule has 0 saturated carbocycles. The number of aromatic nitrogens is 4. The van der Waals surface area contributed by atoms with Gasteiger partial charge in [-0.2, -0.15) is 0 Å². The normalized spacial score (nSPS) is 24.4. The Morgan fingerprint density at radius 3 is 2.80 bits per heavy atom. The number of rotatable bonds is 7. The lowest BCUT2D eigenvalue weighted by Crippen LogP contribution is -2.48. The molecule has 1 fully saturated rings. The number of hydrogen-bond donors (Lipinski definition) is 4. The lowest BCUT2D eigenvalue weighted by Gasteiger charge is -2.28. The van der Waals surface area contributed by atoms with Gasteiger partial charge in [-0.15, -0.1) is 0 Å². The maximum Gasteiger partial charge on any atom is 0.211 e. The number of ether oxygens (including phenoxy) is 1. The zero-order chi connectivity index (χ0) is 21.8. The van der Waals surface area contributed by atoms with Gasteiger partial charge in [0.1, 0.15) is 23.8 Å². The van der Waals surface area contributed by atoms with E-state index < -0.39 is 30.8 Å². The van der Waals surface area contributed by atoms with Crippen molar-refractivity contribution in [1.82, 2.24) is 24.4 Å². The van der Waals surface area contributed by atoms with Gasteiger partial charge >= 0.3 is 0 Å². The molecule has 0 aliphatic carbocycles. The summed E-state index contributed by atoms with van der Waals surface area (Å²) in [5.41, 5.74) is 6.55. The topological polar surface area (TPSA) is 160 Å². The van der Waals surface area contributed by atoms with Gasteiger partial charge in [0.2, 0.25) is 12.2 Å². The van der Waals surface area contributed by atoms with Crippen molar-refractivity contribution in [3.63, 3.8) is 0 Å². The van der Waals surface area contributed by atoms with Crippen LogP contribution in [-0.4, -0.2) is 77.2 Å². The number of imidazole rings is 1. The van der Waals surface area contributed by atoms with E-state index in [0.717, 1.165) is 17.7 Å². The molecule has 0 bridgehead atoms. The molecule has 11 heteroatoms. The molecule has 5 N–H and O–H groups in total. The van der Waals surface area contributed by atoms with Gasteiger partial charge < -0.3 is 30.7 Å². The predicted molar refractivity (Wildman–Crippen MR) is 107 cm³/mol. The molecule has 1 aliphatic heterocycles. The molecule has 1 amide bonds. The Balaban J connectivity index is 1.93. The highest BCUT2D eigenvalue weighted by Gasteiger charge is 2.48. The van der Waals surface area contributed by atoms with Crippen LogP contribution in [0.4, 0.5) is 5.82 Å². The molecule has 162 valence electrons. The van der Waals surface area contributed by atoms with Gasteiger partial charge in [-0.1, -0.05) is 19.3 Å². The fourth-order valence-corrected chi connectivity index (χ4v) is 3.26. The summed E-state index contributed by atoms with van der Waals surface area (Å²) in [6.45, 7) is 3.94. The number of unbranched alkanes of at least 4 members (excludes halogenated alkanes) is 2. The van der Waals surface area contributed by atoms with Crippen molar-refractivity contribution in [2.45, 2.75) is 63.9 Å². The standard InChI is InChI=1S/C19H26N6O5/c1-3-5-6-7-8-11-22-16(20)12-17(23-11)25(9-21-12)19-14(28)13(27)15(30-19)18(29)24(4-2)10-26/h9-10,13-15,18-19,27-29H,3-6H2,1-2H3,(H2,20,22,23)/t13-,14+,15-,18?,19+/m0/s1. The van der Waals surface area contributed by atoms with Crippen LogP contribution in [0.2, 0.25) is 0 Å². The second-order valence-electron chi connectivity index (χ2n) is 6.98. The number of anilines is 1. The summed E-state index contributed by atoms with van der Waals surface area (Å²) in [6, 6.07) is 0. The van der Waals surface area contributed by atoms with Gasteiger partial charge in [0.15, 0.2) is 23.9 Å². The number of aliphatic hydroxyl groups is 3. The minimum Gasteiger partial charge on any atom is -0.387 e. The molecule has 0 spiro atoms. The van der Waals surface area contributed by atoms with Crippen LogP contribution >= 0.6 is 0 Å². The molecule has 3 rings (SSSR count). The molecule has 0 aromatic carbocycles. The van der Waals surface area contributed by atoms with Crippen LogP contribution in [0, 0.1) is 11.8 Å². The van der Waals surface area contributed by atoms with Crippen molar-refractivity contribution < 1.29 is 24.9 Å². The minimum atomic E-state index is -1.44. The Morgan fingerprint density at radius 2 is 2.13 bits per heavy atom. The zero-order valence-electron chi connectivity index (χ0n) is 16.8. The predicted octanol–water partition coefficient (Wildman–Crippen LogP) is -0.634. The van der Waals surface area contributed by atoms with Crippen LogP contribution in [0.3, 0.4) is 0 Å². The molecule has 1 unspecified atom stereocenters. The van der Waals surface area contributed by atoms with E-state index in [1.54, 1.807) is 6.92 Å². The molecule has 0 radical (unpaired) electrons. The number of carbonyl (C=O) groups is 1. The average Bonchev–Trinajstić information content (AvgIpc) is 3.28. The van der Waals surface area contributed by atoms with Crippen molar-refractivity contribution in [1.29, 1.82) is 0 Å². The summed E-state index contributed by atoms with van der Waals surface area (Å²) in [5.74, 6) is 6.19. The highest BCUT2D eigenvalue weighted by Crippen LogP contribution is 2.33. The number of nitrogen functional groups attached to an aromatic ring is 1. The quantitative estimate of drug-likeness (QED) is 0.199. The first kappa shape index (κ1) is 21.9. The van der Waals surface area contributed by atoms with E-state index in [9.17, 15) is 20.1 Å². The van der Waals surface area contributed by atoms with Crippen molar-refractivity contribution in [2.75, 3.05) is 12.3 Å². The number of nitrogens with two attached hydrogens (primary N) is 1. The van der Waals surface area contributed by atoms with Crippen LogP contribution in [0.1, 0.15) is 45.2 Å². The number of likely N-dealkylation sites (N-methyl/N-ethyl adjacent to an activating group) is 1. The monoisotopic (exact) mass is 418 g/mol. The van der Waals surface area contributed by atoms with Crippen LogP contribution in [-0.2, 0) is 9.53 Å². The van der Waals surface area contributed by atoms with Crippen LogP contribution in [0.25, 0.3) is 11.2 Å². The number of fused-ring (bicyclic) bond motifs is 1. The SMILES string of the molecule is CCCCC#Cc1nc(N)c2ncn([C@@H]3O[C@H](C(O)N(C=O)CC)[C@@H](O)[C@H]3O)c2n1.